The number of anilines is 1. The Bertz CT molecular complexity index is 239. The zero-order valence-electron chi connectivity index (χ0n) is 5.63. The monoisotopic (exact) mass is 137 g/mol. The molecule has 4 heteroatoms. The largest absolute Gasteiger partial charge is 0.508 e. The smallest absolute Gasteiger partial charge is 0.142 e. The van der Waals surface area contributed by atoms with Crippen LogP contribution in [0.25, 0.3) is 0 Å². The van der Waals surface area contributed by atoms with E-state index in [0.717, 1.165) is 0 Å². The number of nitrogen functional groups attached to an aromatic ring is 1. The SMILES string of the molecule is Bc1cc(O)cc(O)c1N. The van der Waals surface area contributed by atoms with Gasteiger partial charge < -0.3 is 15.9 Å². The van der Waals surface area contributed by atoms with Crippen LogP contribution in [0, 0.1) is 0 Å². The Kier molecular flexibility index (Phi) is 1.45. The summed E-state index contributed by atoms with van der Waals surface area (Å²) in [5, 5.41) is 17.9. The summed E-state index contributed by atoms with van der Waals surface area (Å²) in [5.41, 5.74) is 6.39. The first-order chi connectivity index (χ1) is 4.61. The van der Waals surface area contributed by atoms with Crippen LogP contribution in [-0.2, 0) is 0 Å². The molecule has 10 heavy (non-hydrogen) atoms. The van der Waals surface area contributed by atoms with Crippen LogP contribution in [0.1, 0.15) is 0 Å². The van der Waals surface area contributed by atoms with Crippen LogP contribution in [0.4, 0.5) is 5.69 Å². The quantitative estimate of drug-likeness (QED) is 0.185. The molecule has 0 unspecified atom stereocenters. The minimum Gasteiger partial charge on any atom is -0.508 e. The molecule has 0 heterocycles. The van der Waals surface area contributed by atoms with Gasteiger partial charge in [0.1, 0.15) is 19.3 Å². The third-order valence-electron chi connectivity index (χ3n) is 1.35. The van der Waals surface area contributed by atoms with Gasteiger partial charge >= 0.3 is 0 Å². The van der Waals surface area contributed by atoms with E-state index in [0.29, 0.717) is 11.2 Å². The molecule has 0 amide bonds. The van der Waals surface area contributed by atoms with Crippen molar-refractivity contribution in [3.8, 4) is 11.5 Å². The maximum atomic E-state index is 9.00. The molecule has 4 N–H and O–H groups in total. The van der Waals surface area contributed by atoms with Crippen molar-refractivity contribution in [3.05, 3.63) is 12.1 Å². The average Bonchev–Trinajstić information content (AvgIpc) is 1.82. The second-order valence-corrected chi connectivity index (χ2v) is 2.20. The molecule has 0 saturated heterocycles. The van der Waals surface area contributed by atoms with Gasteiger partial charge in [-0.15, -0.1) is 0 Å². The molecule has 0 radical (unpaired) electrons. The van der Waals surface area contributed by atoms with Crippen LogP contribution in [0.15, 0.2) is 12.1 Å². The Labute approximate surface area is 59.5 Å². The fourth-order valence-electron chi connectivity index (χ4n) is 0.761. The van der Waals surface area contributed by atoms with E-state index in [1.165, 1.54) is 12.1 Å². The first-order valence-corrected chi connectivity index (χ1v) is 2.89. The summed E-state index contributed by atoms with van der Waals surface area (Å²) in [6.45, 7) is 0. The number of nitrogens with two attached hydrogens (primary N) is 1. The molecule has 0 fully saturated rings. The molecule has 3 nitrogen and oxygen atoms in total. The van der Waals surface area contributed by atoms with E-state index >= 15 is 0 Å². The van der Waals surface area contributed by atoms with Crippen molar-refractivity contribution in [1.29, 1.82) is 0 Å². The number of hydrogen-bond donors (Lipinski definition) is 3. The Hall–Kier alpha value is -1.32. The predicted octanol–water partition coefficient (Wildman–Crippen LogP) is -1.06. The van der Waals surface area contributed by atoms with Crippen molar-refractivity contribution >= 4 is 19.0 Å². The summed E-state index contributed by atoms with van der Waals surface area (Å²) in [4.78, 5) is 0. The first kappa shape index (κ1) is 6.80. The molecular formula is C6H8BNO2. The van der Waals surface area contributed by atoms with Crippen molar-refractivity contribution in [3.63, 3.8) is 0 Å². The molecule has 0 aromatic heterocycles. The van der Waals surface area contributed by atoms with Crippen molar-refractivity contribution < 1.29 is 10.2 Å². The van der Waals surface area contributed by atoms with E-state index in [1.807, 2.05) is 0 Å². The van der Waals surface area contributed by atoms with Crippen molar-refractivity contribution in [1.82, 2.24) is 0 Å². The number of aromatic hydroxyl groups is 2. The number of benzene rings is 1. The molecule has 0 spiro atoms. The second-order valence-electron chi connectivity index (χ2n) is 2.20. The average molecular weight is 137 g/mol. The maximum absolute atomic E-state index is 9.00. The summed E-state index contributed by atoms with van der Waals surface area (Å²) in [6.07, 6.45) is 0. The highest BCUT2D eigenvalue weighted by Crippen LogP contribution is 2.21. The molecule has 0 bridgehead atoms. The highest BCUT2D eigenvalue weighted by Gasteiger charge is 2.00. The zero-order chi connectivity index (χ0) is 7.72. The number of phenols is 2. The molecule has 0 atom stereocenters. The lowest BCUT2D eigenvalue weighted by Gasteiger charge is -2.02. The topological polar surface area (TPSA) is 66.5 Å². The minimum atomic E-state index is -0.0718. The zero-order valence-corrected chi connectivity index (χ0v) is 5.63. The van der Waals surface area contributed by atoms with Crippen LogP contribution in [-0.4, -0.2) is 18.1 Å². The molecule has 52 valence electrons. The Morgan fingerprint density at radius 2 is 1.90 bits per heavy atom. The lowest BCUT2D eigenvalue weighted by molar-refractivity contribution is 0.453. The third kappa shape index (κ3) is 1.00. The van der Waals surface area contributed by atoms with Gasteiger partial charge in [-0.2, -0.15) is 0 Å². The highest BCUT2D eigenvalue weighted by atomic mass is 16.3. The summed E-state index contributed by atoms with van der Waals surface area (Å²) in [5.74, 6) is -0.0401. The van der Waals surface area contributed by atoms with E-state index in [2.05, 4.69) is 0 Å². The Morgan fingerprint density at radius 3 is 2.40 bits per heavy atom. The van der Waals surface area contributed by atoms with Crippen LogP contribution < -0.4 is 11.2 Å². The minimum absolute atomic E-state index is 0.0317. The van der Waals surface area contributed by atoms with Crippen LogP contribution >= 0.6 is 0 Å². The number of rotatable bonds is 0. The first-order valence-electron chi connectivity index (χ1n) is 2.89. The van der Waals surface area contributed by atoms with Gasteiger partial charge in [0.25, 0.3) is 0 Å². The molecule has 0 aliphatic rings. The van der Waals surface area contributed by atoms with Crippen molar-refractivity contribution in [2.75, 3.05) is 5.73 Å². The second kappa shape index (κ2) is 2.13. The van der Waals surface area contributed by atoms with Gasteiger partial charge in [-0.25, -0.2) is 0 Å². The van der Waals surface area contributed by atoms with Gasteiger partial charge in [-0.1, -0.05) is 5.46 Å². The van der Waals surface area contributed by atoms with Crippen LogP contribution in [0.3, 0.4) is 0 Å². The molecule has 0 saturated carbocycles. The molecular weight excluding hydrogens is 129 g/mol. The third-order valence-corrected chi connectivity index (χ3v) is 1.35. The Morgan fingerprint density at radius 1 is 1.30 bits per heavy atom. The van der Waals surface area contributed by atoms with Gasteiger partial charge in [0.15, 0.2) is 0 Å². The van der Waals surface area contributed by atoms with Gasteiger partial charge in [-0.05, 0) is 6.07 Å². The molecule has 1 aromatic rings. The lowest BCUT2D eigenvalue weighted by Crippen LogP contribution is -2.08. The lowest BCUT2D eigenvalue weighted by atomic mass is 9.93. The van der Waals surface area contributed by atoms with Gasteiger partial charge in [0, 0.05) is 6.07 Å². The standard InChI is InChI=1S/C6H8BNO2/c7-4-1-3(9)2-5(10)6(4)8/h1-2,9-10H,7-8H2. The predicted molar refractivity (Wildman–Crippen MR) is 42.4 cm³/mol. The van der Waals surface area contributed by atoms with E-state index in [1.54, 1.807) is 7.85 Å². The molecule has 0 aliphatic carbocycles. The number of phenolic OH excluding ortho intramolecular Hbond substituents is 2. The molecule has 1 aromatic carbocycles. The summed E-state index contributed by atoms with van der Waals surface area (Å²) >= 11 is 0. The summed E-state index contributed by atoms with van der Waals surface area (Å²) < 4.78 is 0. The van der Waals surface area contributed by atoms with E-state index in [4.69, 9.17) is 15.9 Å². The fraction of sp³-hybridized carbons (Fsp3) is 0. The summed E-state index contributed by atoms with van der Waals surface area (Å²) in [6, 6.07) is 2.71. The van der Waals surface area contributed by atoms with Crippen LogP contribution in [0.2, 0.25) is 0 Å². The van der Waals surface area contributed by atoms with Crippen molar-refractivity contribution in [2.24, 2.45) is 0 Å². The van der Waals surface area contributed by atoms with E-state index in [-0.39, 0.29) is 11.5 Å². The maximum Gasteiger partial charge on any atom is 0.142 e. The van der Waals surface area contributed by atoms with Gasteiger partial charge in [0.05, 0.1) is 5.69 Å². The van der Waals surface area contributed by atoms with Crippen molar-refractivity contribution in [2.45, 2.75) is 0 Å². The van der Waals surface area contributed by atoms with Crippen LogP contribution in [0.5, 0.6) is 11.5 Å². The summed E-state index contributed by atoms with van der Waals surface area (Å²) in [7, 11) is 1.72. The van der Waals surface area contributed by atoms with Gasteiger partial charge in [0.2, 0.25) is 0 Å². The van der Waals surface area contributed by atoms with Gasteiger partial charge in [-0.3, -0.25) is 0 Å². The Balaban J connectivity index is 3.31. The number of hydrogen-bond acceptors (Lipinski definition) is 3. The fourth-order valence-corrected chi connectivity index (χ4v) is 0.761. The van der Waals surface area contributed by atoms with E-state index < -0.39 is 0 Å². The molecule has 1 rings (SSSR count). The highest BCUT2D eigenvalue weighted by molar-refractivity contribution is 6.36. The normalized spacial score (nSPS) is 9.60. The van der Waals surface area contributed by atoms with E-state index in [9.17, 15) is 0 Å². The molecule has 0 aliphatic heterocycles.